The molecule has 1 rings (SSSR count). The highest BCUT2D eigenvalue weighted by molar-refractivity contribution is 5.89. The SMILES string of the molecule is COC(CNC(=O)Nc1cccc(C)c1F)C(=O)O. The number of halogens is 1. The van der Waals surface area contributed by atoms with Crippen molar-refractivity contribution in [3.8, 4) is 0 Å². The number of rotatable bonds is 5. The van der Waals surface area contributed by atoms with Gasteiger partial charge in [0, 0.05) is 7.11 Å². The highest BCUT2D eigenvalue weighted by Crippen LogP contribution is 2.16. The van der Waals surface area contributed by atoms with Crippen LogP contribution >= 0.6 is 0 Å². The van der Waals surface area contributed by atoms with E-state index in [1.165, 1.54) is 13.2 Å². The molecule has 6 nitrogen and oxygen atoms in total. The Morgan fingerprint density at radius 2 is 2.16 bits per heavy atom. The summed E-state index contributed by atoms with van der Waals surface area (Å²) in [7, 11) is 1.22. The predicted octanol–water partition coefficient (Wildman–Crippen LogP) is 1.36. The number of amides is 2. The van der Waals surface area contributed by atoms with Crippen LogP contribution in [0.2, 0.25) is 0 Å². The number of aryl methyl sites for hydroxylation is 1. The topological polar surface area (TPSA) is 87.7 Å². The first kappa shape index (κ1) is 14.9. The summed E-state index contributed by atoms with van der Waals surface area (Å²) in [5.41, 5.74) is 0.430. The fraction of sp³-hybridized carbons (Fsp3) is 0.333. The fourth-order valence-electron chi connectivity index (χ4n) is 1.37. The third-order valence-corrected chi connectivity index (χ3v) is 2.45. The first-order valence-corrected chi connectivity index (χ1v) is 5.51. The second-order valence-electron chi connectivity index (χ2n) is 3.83. The third-order valence-electron chi connectivity index (χ3n) is 2.45. The molecular formula is C12H15FN2O4. The summed E-state index contributed by atoms with van der Waals surface area (Å²) < 4.78 is 18.2. The van der Waals surface area contributed by atoms with Gasteiger partial charge in [-0.25, -0.2) is 14.0 Å². The van der Waals surface area contributed by atoms with Crippen molar-refractivity contribution in [3.05, 3.63) is 29.6 Å². The first-order valence-electron chi connectivity index (χ1n) is 5.51. The van der Waals surface area contributed by atoms with Crippen LogP contribution in [0.4, 0.5) is 14.9 Å². The van der Waals surface area contributed by atoms with Gasteiger partial charge in [0.2, 0.25) is 0 Å². The molecule has 1 aromatic rings. The number of urea groups is 1. The van der Waals surface area contributed by atoms with Gasteiger partial charge in [-0.2, -0.15) is 0 Å². The van der Waals surface area contributed by atoms with E-state index < -0.39 is 23.9 Å². The molecule has 0 spiro atoms. The minimum absolute atomic E-state index is 0.0294. The van der Waals surface area contributed by atoms with Gasteiger partial charge in [0.05, 0.1) is 12.2 Å². The molecule has 0 aliphatic rings. The van der Waals surface area contributed by atoms with Crippen LogP contribution in [-0.4, -0.2) is 36.9 Å². The van der Waals surface area contributed by atoms with Crippen LogP contribution in [-0.2, 0) is 9.53 Å². The number of anilines is 1. The van der Waals surface area contributed by atoms with Crippen molar-refractivity contribution < 1.29 is 23.8 Å². The molecule has 19 heavy (non-hydrogen) atoms. The van der Waals surface area contributed by atoms with Crippen LogP contribution < -0.4 is 10.6 Å². The predicted molar refractivity (Wildman–Crippen MR) is 66.6 cm³/mol. The average Bonchev–Trinajstić information content (AvgIpc) is 2.35. The quantitative estimate of drug-likeness (QED) is 0.753. The maximum absolute atomic E-state index is 13.6. The number of nitrogens with one attached hydrogen (secondary N) is 2. The molecule has 1 unspecified atom stereocenters. The zero-order chi connectivity index (χ0) is 14.4. The van der Waals surface area contributed by atoms with Gasteiger partial charge < -0.3 is 20.5 Å². The molecule has 1 atom stereocenters. The number of carbonyl (C=O) groups is 2. The first-order chi connectivity index (χ1) is 8.95. The standard InChI is InChI=1S/C12H15FN2O4/c1-7-4-3-5-8(10(7)13)15-12(18)14-6-9(19-2)11(16)17/h3-5,9H,6H2,1-2H3,(H,16,17)(H2,14,15,18). The highest BCUT2D eigenvalue weighted by Gasteiger charge is 2.17. The van der Waals surface area contributed by atoms with E-state index in [1.54, 1.807) is 19.1 Å². The molecule has 0 aliphatic heterocycles. The van der Waals surface area contributed by atoms with Crippen LogP contribution in [0, 0.1) is 12.7 Å². The molecule has 0 heterocycles. The van der Waals surface area contributed by atoms with Gasteiger partial charge >= 0.3 is 12.0 Å². The zero-order valence-corrected chi connectivity index (χ0v) is 10.6. The summed E-state index contributed by atoms with van der Waals surface area (Å²) in [6.45, 7) is 1.36. The summed E-state index contributed by atoms with van der Waals surface area (Å²) in [5.74, 6) is -1.72. The Balaban J connectivity index is 2.56. The number of carboxylic acid groups (broad SMARTS) is 1. The summed E-state index contributed by atoms with van der Waals surface area (Å²) in [4.78, 5) is 22.1. The number of hydrogen-bond donors (Lipinski definition) is 3. The number of hydrogen-bond acceptors (Lipinski definition) is 3. The van der Waals surface area contributed by atoms with Crippen molar-refractivity contribution in [3.63, 3.8) is 0 Å². The molecule has 104 valence electrons. The van der Waals surface area contributed by atoms with Crippen molar-refractivity contribution in [1.29, 1.82) is 0 Å². The van der Waals surface area contributed by atoms with Crippen molar-refractivity contribution in [2.45, 2.75) is 13.0 Å². The van der Waals surface area contributed by atoms with E-state index in [9.17, 15) is 14.0 Å². The van der Waals surface area contributed by atoms with Gasteiger partial charge in [-0.15, -0.1) is 0 Å². The molecule has 1 aromatic carbocycles. The molecule has 0 aliphatic carbocycles. The van der Waals surface area contributed by atoms with Crippen LogP contribution in [0.25, 0.3) is 0 Å². The molecule has 0 saturated carbocycles. The number of methoxy groups -OCH3 is 1. The van der Waals surface area contributed by atoms with E-state index in [0.29, 0.717) is 5.56 Å². The van der Waals surface area contributed by atoms with E-state index in [4.69, 9.17) is 5.11 Å². The third kappa shape index (κ3) is 4.22. The maximum Gasteiger partial charge on any atom is 0.334 e. The summed E-state index contributed by atoms with van der Waals surface area (Å²) in [5, 5.41) is 13.3. The molecule has 0 saturated heterocycles. The average molecular weight is 270 g/mol. The number of ether oxygens (including phenoxy) is 1. The lowest BCUT2D eigenvalue weighted by Gasteiger charge is -2.13. The molecular weight excluding hydrogens is 255 g/mol. The summed E-state index contributed by atoms with van der Waals surface area (Å²) >= 11 is 0. The molecule has 0 fully saturated rings. The number of aliphatic carboxylic acids is 1. The van der Waals surface area contributed by atoms with E-state index in [2.05, 4.69) is 15.4 Å². The van der Waals surface area contributed by atoms with Crippen molar-refractivity contribution in [1.82, 2.24) is 5.32 Å². The van der Waals surface area contributed by atoms with E-state index >= 15 is 0 Å². The number of carboxylic acids is 1. The largest absolute Gasteiger partial charge is 0.479 e. The highest BCUT2D eigenvalue weighted by atomic mass is 19.1. The Morgan fingerprint density at radius 3 is 2.74 bits per heavy atom. The number of carbonyl (C=O) groups excluding carboxylic acids is 1. The van der Waals surface area contributed by atoms with Crippen LogP contribution in [0.3, 0.4) is 0 Å². The van der Waals surface area contributed by atoms with Gasteiger partial charge in [0.25, 0.3) is 0 Å². The second kappa shape index (κ2) is 6.69. The Morgan fingerprint density at radius 1 is 1.47 bits per heavy atom. The Bertz CT molecular complexity index is 479. The summed E-state index contributed by atoms with van der Waals surface area (Å²) in [6, 6.07) is 3.88. The van der Waals surface area contributed by atoms with Gasteiger partial charge in [-0.05, 0) is 18.6 Å². The lowest BCUT2D eigenvalue weighted by atomic mass is 10.2. The lowest BCUT2D eigenvalue weighted by Crippen LogP contribution is -2.39. The maximum atomic E-state index is 13.6. The lowest BCUT2D eigenvalue weighted by molar-refractivity contribution is -0.147. The Labute approximate surface area is 109 Å². The minimum atomic E-state index is -1.19. The van der Waals surface area contributed by atoms with E-state index in [1.807, 2.05) is 0 Å². The molecule has 2 amide bonds. The minimum Gasteiger partial charge on any atom is -0.479 e. The van der Waals surface area contributed by atoms with Crippen LogP contribution in [0.1, 0.15) is 5.56 Å². The molecule has 3 N–H and O–H groups in total. The number of benzene rings is 1. The fourth-order valence-corrected chi connectivity index (χ4v) is 1.37. The van der Waals surface area contributed by atoms with Crippen LogP contribution in [0.15, 0.2) is 18.2 Å². The van der Waals surface area contributed by atoms with Gasteiger partial charge in [0.1, 0.15) is 5.82 Å². The Hall–Kier alpha value is -2.15. The normalized spacial score (nSPS) is 11.7. The Kier molecular flexibility index (Phi) is 5.25. The molecule has 7 heteroatoms. The van der Waals surface area contributed by atoms with Gasteiger partial charge in [-0.3, -0.25) is 0 Å². The van der Waals surface area contributed by atoms with E-state index in [-0.39, 0.29) is 12.2 Å². The molecule has 0 radical (unpaired) electrons. The van der Waals surface area contributed by atoms with Gasteiger partial charge in [-0.1, -0.05) is 12.1 Å². The van der Waals surface area contributed by atoms with Gasteiger partial charge in [0.15, 0.2) is 6.10 Å². The van der Waals surface area contributed by atoms with E-state index in [0.717, 1.165) is 0 Å². The molecule has 0 bridgehead atoms. The second-order valence-corrected chi connectivity index (χ2v) is 3.83. The van der Waals surface area contributed by atoms with Crippen LogP contribution in [0.5, 0.6) is 0 Å². The van der Waals surface area contributed by atoms with Crippen molar-refractivity contribution in [2.75, 3.05) is 19.0 Å². The summed E-state index contributed by atoms with van der Waals surface area (Å²) in [6.07, 6.45) is -1.15. The smallest absolute Gasteiger partial charge is 0.334 e. The monoisotopic (exact) mass is 270 g/mol. The zero-order valence-electron chi connectivity index (χ0n) is 10.6. The molecule has 0 aromatic heterocycles. The van der Waals surface area contributed by atoms with Crippen molar-refractivity contribution >= 4 is 17.7 Å². The van der Waals surface area contributed by atoms with Crippen molar-refractivity contribution in [2.24, 2.45) is 0 Å².